The molecular weight excluding hydrogens is 407 g/mol. The summed E-state index contributed by atoms with van der Waals surface area (Å²) in [6.45, 7) is 3.44. The van der Waals surface area contributed by atoms with Crippen LogP contribution < -0.4 is 5.84 Å². The second-order valence-electron chi connectivity index (χ2n) is 9.29. The minimum absolute atomic E-state index is 0.0395. The van der Waals surface area contributed by atoms with Gasteiger partial charge in [-0.3, -0.25) is 4.99 Å². The van der Waals surface area contributed by atoms with Gasteiger partial charge in [0.2, 0.25) is 5.70 Å². The summed E-state index contributed by atoms with van der Waals surface area (Å²) < 4.78 is 15.2. The van der Waals surface area contributed by atoms with Gasteiger partial charge in [-0.25, -0.2) is 4.39 Å². The van der Waals surface area contributed by atoms with E-state index in [-0.39, 0.29) is 16.1 Å². The summed E-state index contributed by atoms with van der Waals surface area (Å²) in [6, 6.07) is 13.8. The first-order valence-corrected chi connectivity index (χ1v) is 10.6. The molecule has 0 amide bonds. The summed E-state index contributed by atoms with van der Waals surface area (Å²) in [5.41, 5.74) is 0.718. The predicted octanol–water partition coefficient (Wildman–Crippen LogP) is 3.46. The van der Waals surface area contributed by atoms with E-state index in [1.54, 1.807) is 56.7 Å². The summed E-state index contributed by atoms with van der Waals surface area (Å²) in [6.07, 6.45) is 6.05. The van der Waals surface area contributed by atoms with E-state index < -0.39 is 17.0 Å². The SMILES string of the molecule is CC1(O)CC(C2=C3C=NC=C[N+]3(N)C(c3ccc(C(C)(O)c4ccccc4)cc3F)=N2)C1. The van der Waals surface area contributed by atoms with Crippen LogP contribution in [0.4, 0.5) is 4.39 Å². The Kier molecular flexibility index (Phi) is 4.58. The molecule has 0 aromatic heterocycles. The number of fused-ring (bicyclic) bond motifs is 1. The third kappa shape index (κ3) is 3.17. The highest BCUT2D eigenvalue weighted by Crippen LogP contribution is 2.47. The molecule has 0 spiro atoms. The van der Waals surface area contributed by atoms with Crippen molar-refractivity contribution in [2.75, 3.05) is 0 Å². The Hall–Kier alpha value is -2.97. The second kappa shape index (κ2) is 7.02. The minimum atomic E-state index is -1.35. The number of aliphatic imine (C=N–C) groups is 2. The molecule has 2 unspecified atom stereocenters. The Bertz CT molecular complexity index is 1210. The van der Waals surface area contributed by atoms with Crippen LogP contribution in [0.5, 0.6) is 0 Å². The number of halogens is 1. The van der Waals surface area contributed by atoms with E-state index in [2.05, 4.69) is 4.99 Å². The van der Waals surface area contributed by atoms with Crippen molar-refractivity contribution in [2.45, 2.75) is 37.9 Å². The third-order valence-electron chi connectivity index (χ3n) is 6.69. The molecule has 2 aromatic rings. The molecule has 7 heteroatoms. The zero-order chi connectivity index (χ0) is 22.7. The number of allylic oxidation sites excluding steroid dienone is 2. The topological polar surface area (TPSA) is 91.2 Å². The Morgan fingerprint density at radius 1 is 1.16 bits per heavy atom. The molecule has 0 radical (unpaired) electrons. The van der Waals surface area contributed by atoms with Gasteiger partial charge in [0.05, 0.1) is 23.6 Å². The Morgan fingerprint density at radius 2 is 1.88 bits per heavy atom. The summed E-state index contributed by atoms with van der Waals surface area (Å²) in [7, 11) is 0. The maximum Gasteiger partial charge on any atom is 0.267 e. The molecule has 0 bridgehead atoms. The van der Waals surface area contributed by atoms with Crippen molar-refractivity contribution in [3.63, 3.8) is 0 Å². The van der Waals surface area contributed by atoms with Crippen LogP contribution in [-0.2, 0) is 5.60 Å². The Balaban J connectivity index is 1.54. The van der Waals surface area contributed by atoms with Gasteiger partial charge in [-0.2, -0.15) is 10.8 Å². The largest absolute Gasteiger partial charge is 0.390 e. The van der Waals surface area contributed by atoms with Gasteiger partial charge in [-0.05, 0) is 49.9 Å². The van der Waals surface area contributed by atoms with E-state index in [0.29, 0.717) is 35.5 Å². The van der Waals surface area contributed by atoms with Crippen LogP contribution >= 0.6 is 0 Å². The lowest BCUT2D eigenvalue weighted by atomic mass is 9.70. The summed E-state index contributed by atoms with van der Waals surface area (Å²) in [4.78, 5) is 8.96. The standard InChI is InChI=1S/C25H26FN4O2/c1-24(31)13-16(14-24)22-21-15-28-10-11-30(21,27)23(29-22)19-9-8-18(12-20(19)26)25(2,32)17-6-4-3-5-7-17/h3-12,15-16,31-32H,13-14,27H2,1-2H3/q+1. The monoisotopic (exact) mass is 433 g/mol. The summed E-state index contributed by atoms with van der Waals surface area (Å²) >= 11 is 0. The average Bonchev–Trinajstić information content (AvgIpc) is 3.05. The molecule has 3 aliphatic rings. The number of amidine groups is 1. The van der Waals surface area contributed by atoms with Crippen molar-refractivity contribution in [1.82, 2.24) is 0 Å². The minimum Gasteiger partial charge on any atom is -0.390 e. The molecule has 5 rings (SSSR count). The number of hydrogen-bond acceptors (Lipinski definition) is 5. The van der Waals surface area contributed by atoms with Crippen molar-refractivity contribution in [3.05, 3.63) is 94.8 Å². The molecule has 2 aliphatic heterocycles. The fraction of sp³-hybridized carbons (Fsp3) is 0.280. The number of hydrogen-bond donors (Lipinski definition) is 3. The van der Waals surface area contributed by atoms with Gasteiger partial charge in [0.15, 0.2) is 0 Å². The maximum absolute atomic E-state index is 15.5. The van der Waals surface area contributed by atoms with E-state index in [9.17, 15) is 10.2 Å². The van der Waals surface area contributed by atoms with Gasteiger partial charge >= 0.3 is 0 Å². The van der Waals surface area contributed by atoms with Gasteiger partial charge in [-0.15, -0.1) is 4.59 Å². The van der Waals surface area contributed by atoms with Crippen molar-refractivity contribution < 1.29 is 19.2 Å². The Morgan fingerprint density at radius 3 is 2.53 bits per heavy atom. The van der Waals surface area contributed by atoms with E-state index >= 15 is 4.39 Å². The van der Waals surface area contributed by atoms with E-state index in [4.69, 9.17) is 10.8 Å². The molecule has 1 fully saturated rings. The molecule has 2 heterocycles. The number of benzene rings is 2. The molecule has 0 saturated heterocycles. The van der Waals surface area contributed by atoms with Crippen LogP contribution in [0, 0.1) is 11.7 Å². The van der Waals surface area contributed by atoms with Gasteiger partial charge in [0, 0.05) is 5.92 Å². The number of rotatable bonds is 4. The highest BCUT2D eigenvalue weighted by Gasteiger charge is 2.51. The second-order valence-corrected chi connectivity index (χ2v) is 9.29. The molecule has 4 N–H and O–H groups in total. The molecule has 2 aromatic carbocycles. The van der Waals surface area contributed by atoms with Gasteiger partial charge in [-0.1, -0.05) is 36.4 Å². The predicted molar refractivity (Wildman–Crippen MR) is 121 cm³/mol. The van der Waals surface area contributed by atoms with Crippen LogP contribution in [0.2, 0.25) is 0 Å². The Labute approximate surface area is 186 Å². The molecular formula is C25H26FN4O2+. The first-order valence-electron chi connectivity index (χ1n) is 10.6. The zero-order valence-electron chi connectivity index (χ0n) is 18.0. The first-order chi connectivity index (χ1) is 15.1. The summed E-state index contributed by atoms with van der Waals surface area (Å²) in [5.74, 6) is 6.57. The molecule has 6 nitrogen and oxygen atoms in total. The van der Waals surface area contributed by atoms with E-state index in [1.165, 1.54) is 6.07 Å². The lowest BCUT2D eigenvalue weighted by molar-refractivity contribution is -0.750. The number of nitrogens with zero attached hydrogens (tertiary/aromatic N) is 3. The summed E-state index contributed by atoms with van der Waals surface area (Å²) in [5, 5.41) is 21.3. The number of aliphatic hydroxyl groups is 2. The van der Waals surface area contributed by atoms with Gasteiger partial charge < -0.3 is 10.2 Å². The van der Waals surface area contributed by atoms with Crippen LogP contribution in [0.3, 0.4) is 0 Å². The quantitative estimate of drug-likeness (QED) is 0.509. The smallest absolute Gasteiger partial charge is 0.267 e. The highest BCUT2D eigenvalue weighted by molar-refractivity contribution is 6.00. The van der Waals surface area contributed by atoms with E-state index in [1.807, 2.05) is 18.2 Å². The van der Waals surface area contributed by atoms with Crippen LogP contribution in [0.15, 0.2) is 82.3 Å². The van der Waals surface area contributed by atoms with Crippen molar-refractivity contribution in [2.24, 2.45) is 21.7 Å². The fourth-order valence-electron chi connectivity index (χ4n) is 4.81. The zero-order valence-corrected chi connectivity index (χ0v) is 18.0. The third-order valence-corrected chi connectivity index (χ3v) is 6.69. The van der Waals surface area contributed by atoms with Crippen LogP contribution in [0.25, 0.3) is 0 Å². The lowest BCUT2D eigenvalue weighted by Gasteiger charge is -2.40. The van der Waals surface area contributed by atoms with Crippen LogP contribution in [0.1, 0.15) is 43.4 Å². The van der Waals surface area contributed by atoms with Crippen LogP contribution in [-0.4, -0.2) is 32.5 Å². The van der Waals surface area contributed by atoms with Crippen molar-refractivity contribution in [1.29, 1.82) is 0 Å². The average molecular weight is 434 g/mol. The normalized spacial score (nSPS) is 30.6. The molecule has 1 aliphatic carbocycles. The number of quaternary nitrogens is 1. The first kappa shape index (κ1) is 20.9. The number of nitrogens with two attached hydrogens (primary N) is 1. The van der Waals surface area contributed by atoms with Crippen molar-refractivity contribution in [3.8, 4) is 0 Å². The van der Waals surface area contributed by atoms with E-state index in [0.717, 1.165) is 5.70 Å². The lowest BCUT2D eigenvalue weighted by Crippen LogP contribution is -2.53. The van der Waals surface area contributed by atoms with Gasteiger partial charge in [0.25, 0.3) is 5.84 Å². The van der Waals surface area contributed by atoms with Gasteiger partial charge in [0.1, 0.15) is 23.3 Å². The maximum atomic E-state index is 15.5. The fourth-order valence-corrected chi connectivity index (χ4v) is 4.81. The molecule has 1 saturated carbocycles. The highest BCUT2D eigenvalue weighted by atomic mass is 19.1. The molecule has 164 valence electrons. The van der Waals surface area contributed by atoms with Crippen molar-refractivity contribution >= 4 is 12.1 Å². The molecule has 32 heavy (non-hydrogen) atoms. The molecule has 2 atom stereocenters.